The molecule has 2 aromatic carbocycles. The van der Waals surface area contributed by atoms with Gasteiger partial charge in [0.15, 0.2) is 0 Å². The van der Waals surface area contributed by atoms with Crippen LogP contribution < -0.4 is 15.4 Å². The van der Waals surface area contributed by atoms with Crippen molar-refractivity contribution >= 4 is 17.3 Å². The van der Waals surface area contributed by atoms with Gasteiger partial charge in [0.05, 0.1) is 7.11 Å². The first-order valence-electron chi connectivity index (χ1n) is 11.3. The molecule has 2 aromatic rings. The number of carbonyl (C=O) groups is 1. The van der Waals surface area contributed by atoms with Gasteiger partial charge >= 0.3 is 0 Å². The van der Waals surface area contributed by atoms with Crippen LogP contribution in [0.4, 0.5) is 5.69 Å². The Hall–Kier alpha value is -2.83. The molecule has 1 saturated heterocycles. The minimum Gasteiger partial charge on any atom is -0.497 e. The highest BCUT2D eigenvalue weighted by Crippen LogP contribution is 2.22. The van der Waals surface area contributed by atoms with Crippen molar-refractivity contribution in [2.45, 2.75) is 33.4 Å². The third kappa shape index (κ3) is 6.34. The number of ether oxygens (including phenoxy) is 1. The second kappa shape index (κ2) is 11.2. The summed E-state index contributed by atoms with van der Waals surface area (Å²) in [5.74, 6) is 0.669. The van der Waals surface area contributed by atoms with Gasteiger partial charge in [-0.3, -0.25) is 9.69 Å². The molecule has 0 atom stereocenters. The molecule has 1 heterocycles. The molecule has 6 nitrogen and oxygen atoms in total. The number of nitrogens with zero attached hydrogens (tertiary/aromatic N) is 2. The maximum absolute atomic E-state index is 13.1. The fourth-order valence-electron chi connectivity index (χ4n) is 3.87. The van der Waals surface area contributed by atoms with Gasteiger partial charge in [0.2, 0.25) is 0 Å². The number of hydrogen-bond acceptors (Lipinski definition) is 5. The zero-order valence-electron chi connectivity index (χ0n) is 19.9. The van der Waals surface area contributed by atoms with Crippen molar-refractivity contribution in [3.8, 4) is 5.75 Å². The minimum absolute atomic E-state index is 0.101. The number of carbonyl (C=O) groups excluding carboxylic acids is 1. The SMILES string of the molecule is C/C=C(\NC(C)C)c1ccc(NC(=O)c2ccc(OC)cc2CN2CCN(C)CC2)cc1. The molecule has 1 aliphatic rings. The summed E-state index contributed by atoms with van der Waals surface area (Å²) < 4.78 is 5.42. The average molecular weight is 437 g/mol. The Morgan fingerprint density at radius 3 is 2.38 bits per heavy atom. The molecule has 2 N–H and O–H groups in total. The number of methoxy groups -OCH3 is 1. The lowest BCUT2D eigenvalue weighted by atomic mass is 10.0. The first kappa shape index (κ1) is 23.8. The third-order valence-corrected chi connectivity index (χ3v) is 5.73. The molecule has 0 unspecified atom stereocenters. The zero-order chi connectivity index (χ0) is 23.1. The zero-order valence-corrected chi connectivity index (χ0v) is 19.9. The van der Waals surface area contributed by atoms with Crippen molar-refractivity contribution < 1.29 is 9.53 Å². The Morgan fingerprint density at radius 1 is 1.09 bits per heavy atom. The molecule has 1 fully saturated rings. The smallest absolute Gasteiger partial charge is 0.255 e. The lowest BCUT2D eigenvalue weighted by molar-refractivity contribution is 0.102. The normalized spacial score (nSPS) is 15.6. The maximum atomic E-state index is 13.1. The number of hydrogen-bond donors (Lipinski definition) is 2. The van der Waals surface area contributed by atoms with E-state index in [9.17, 15) is 4.79 Å². The van der Waals surface area contributed by atoms with E-state index < -0.39 is 0 Å². The van der Waals surface area contributed by atoms with Gasteiger partial charge in [-0.05, 0) is 69.3 Å². The molecule has 0 bridgehead atoms. The Labute approximate surface area is 192 Å². The Balaban J connectivity index is 1.74. The van der Waals surface area contributed by atoms with Crippen LogP contribution in [0.3, 0.4) is 0 Å². The van der Waals surface area contributed by atoms with Crippen LogP contribution in [-0.4, -0.2) is 62.1 Å². The van der Waals surface area contributed by atoms with Crippen molar-refractivity contribution in [3.63, 3.8) is 0 Å². The van der Waals surface area contributed by atoms with E-state index in [2.05, 4.69) is 47.4 Å². The highest BCUT2D eigenvalue weighted by atomic mass is 16.5. The van der Waals surface area contributed by atoms with E-state index in [1.165, 1.54) is 0 Å². The van der Waals surface area contributed by atoms with Crippen LogP contribution in [0.5, 0.6) is 5.75 Å². The molecule has 3 rings (SSSR count). The first-order chi connectivity index (χ1) is 15.4. The van der Waals surface area contributed by atoms with Crippen LogP contribution in [0.25, 0.3) is 5.70 Å². The van der Waals surface area contributed by atoms with Gasteiger partial charge in [0, 0.05) is 55.7 Å². The van der Waals surface area contributed by atoms with Gasteiger partial charge in [0.1, 0.15) is 5.75 Å². The van der Waals surface area contributed by atoms with E-state index in [1.54, 1.807) is 7.11 Å². The summed E-state index contributed by atoms with van der Waals surface area (Å²) in [6, 6.07) is 14.0. The summed E-state index contributed by atoms with van der Waals surface area (Å²) in [4.78, 5) is 17.9. The lowest BCUT2D eigenvalue weighted by Gasteiger charge is -2.32. The van der Waals surface area contributed by atoms with Gasteiger partial charge in [-0.25, -0.2) is 0 Å². The number of rotatable bonds is 8. The van der Waals surface area contributed by atoms with Crippen LogP contribution in [-0.2, 0) is 6.54 Å². The Kier molecular flexibility index (Phi) is 8.31. The van der Waals surface area contributed by atoms with E-state index in [0.717, 1.165) is 61.0 Å². The second-order valence-electron chi connectivity index (χ2n) is 8.64. The van der Waals surface area contributed by atoms with Crippen molar-refractivity contribution in [1.29, 1.82) is 0 Å². The van der Waals surface area contributed by atoms with E-state index in [0.29, 0.717) is 11.6 Å². The highest BCUT2D eigenvalue weighted by Gasteiger charge is 2.19. The fourth-order valence-corrected chi connectivity index (χ4v) is 3.87. The predicted octanol–water partition coefficient (Wildman–Crippen LogP) is 4.05. The summed E-state index contributed by atoms with van der Waals surface area (Å²) in [5.41, 5.74) is 4.63. The van der Waals surface area contributed by atoms with Crippen molar-refractivity contribution in [1.82, 2.24) is 15.1 Å². The van der Waals surface area contributed by atoms with Gasteiger partial charge in [-0.2, -0.15) is 0 Å². The molecule has 0 aliphatic carbocycles. The number of likely N-dealkylation sites (N-methyl/N-ethyl adjacent to an activating group) is 1. The molecule has 0 radical (unpaired) electrons. The molecule has 1 amide bonds. The number of anilines is 1. The van der Waals surface area contributed by atoms with Crippen LogP contribution in [0.15, 0.2) is 48.5 Å². The molecular weight excluding hydrogens is 400 g/mol. The standard InChI is InChI=1S/C26H36N4O2/c1-6-25(27-19(2)3)20-7-9-22(10-8-20)28-26(31)24-12-11-23(32-5)17-21(24)18-30-15-13-29(4)14-16-30/h6-12,17,19,27H,13-16,18H2,1-5H3,(H,28,31)/b25-6-. The molecule has 0 spiro atoms. The molecule has 0 saturated carbocycles. The van der Waals surface area contributed by atoms with Gasteiger partial charge in [0.25, 0.3) is 5.91 Å². The number of nitrogens with one attached hydrogen (secondary N) is 2. The number of piperazine rings is 1. The molecule has 1 aliphatic heterocycles. The predicted molar refractivity (Wildman–Crippen MR) is 132 cm³/mol. The fraction of sp³-hybridized carbons (Fsp3) is 0.423. The molecule has 6 heteroatoms. The van der Waals surface area contributed by atoms with Gasteiger partial charge in [-0.1, -0.05) is 18.2 Å². The van der Waals surface area contributed by atoms with Crippen LogP contribution in [0.2, 0.25) is 0 Å². The monoisotopic (exact) mass is 436 g/mol. The van der Waals surface area contributed by atoms with Crippen molar-refractivity contribution in [3.05, 3.63) is 65.2 Å². The van der Waals surface area contributed by atoms with E-state index in [1.807, 2.05) is 49.4 Å². The summed E-state index contributed by atoms with van der Waals surface area (Å²) in [5, 5.41) is 6.50. The largest absolute Gasteiger partial charge is 0.497 e. The topological polar surface area (TPSA) is 56.8 Å². The Morgan fingerprint density at radius 2 is 1.78 bits per heavy atom. The molecule has 172 valence electrons. The van der Waals surface area contributed by atoms with Crippen molar-refractivity contribution in [2.75, 3.05) is 45.7 Å². The number of benzene rings is 2. The summed E-state index contributed by atoms with van der Waals surface area (Å²) in [7, 11) is 3.80. The van der Waals surface area contributed by atoms with Crippen molar-refractivity contribution in [2.24, 2.45) is 0 Å². The van der Waals surface area contributed by atoms with Crippen LogP contribution in [0, 0.1) is 0 Å². The molecule has 32 heavy (non-hydrogen) atoms. The second-order valence-corrected chi connectivity index (χ2v) is 8.64. The maximum Gasteiger partial charge on any atom is 0.255 e. The quantitative estimate of drug-likeness (QED) is 0.654. The average Bonchev–Trinajstić information content (AvgIpc) is 2.79. The third-order valence-electron chi connectivity index (χ3n) is 5.73. The molecule has 0 aromatic heterocycles. The van der Waals surface area contributed by atoms with E-state index in [-0.39, 0.29) is 5.91 Å². The lowest BCUT2D eigenvalue weighted by Crippen LogP contribution is -2.44. The Bertz CT molecular complexity index is 929. The summed E-state index contributed by atoms with van der Waals surface area (Å²) in [6.45, 7) is 11.1. The number of allylic oxidation sites excluding steroid dienone is 1. The van der Waals surface area contributed by atoms with Crippen LogP contribution in [0.1, 0.15) is 42.3 Å². The minimum atomic E-state index is -0.101. The molecular formula is C26H36N4O2. The van der Waals surface area contributed by atoms with E-state index >= 15 is 0 Å². The van der Waals surface area contributed by atoms with Crippen LogP contribution >= 0.6 is 0 Å². The summed E-state index contributed by atoms with van der Waals surface area (Å²) >= 11 is 0. The van der Waals surface area contributed by atoms with Gasteiger partial charge < -0.3 is 20.3 Å². The van der Waals surface area contributed by atoms with E-state index in [4.69, 9.17) is 4.74 Å². The van der Waals surface area contributed by atoms with Gasteiger partial charge in [-0.15, -0.1) is 0 Å². The number of amides is 1. The highest BCUT2D eigenvalue weighted by molar-refractivity contribution is 6.05. The summed E-state index contributed by atoms with van der Waals surface area (Å²) in [6.07, 6.45) is 2.07. The first-order valence-corrected chi connectivity index (χ1v) is 11.3.